The highest BCUT2D eigenvalue weighted by molar-refractivity contribution is 5.90. The van der Waals surface area contributed by atoms with Gasteiger partial charge in [-0.1, -0.05) is 24.3 Å². The minimum Gasteiger partial charge on any atom is -0.457 e. The fourth-order valence-electron chi connectivity index (χ4n) is 9.35. The van der Waals surface area contributed by atoms with E-state index >= 15 is 0 Å². The number of carbonyl (C=O) groups is 2. The van der Waals surface area contributed by atoms with E-state index in [0.717, 1.165) is 128 Å². The second-order valence-electron chi connectivity index (χ2n) is 16.9. The molecule has 7 rings (SSSR count). The highest BCUT2D eigenvalue weighted by atomic mass is 19.2. The lowest BCUT2D eigenvalue weighted by Crippen LogP contribution is -2.48. The van der Waals surface area contributed by atoms with Crippen LogP contribution in [0.15, 0.2) is 66.7 Å². The third kappa shape index (κ3) is 11.4. The number of halogens is 3. The fraction of sp³-hybridized carbons (Fsp3) is 0.565. The average Bonchev–Trinajstić information content (AvgIpc) is 3.25. The molecule has 12 heteroatoms. The van der Waals surface area contributed by atoms with Gasteiger partial charge in [0, 0.05) is 70.5 Å². The van der Waals surface area contributed by atoms with Gasteiger partial charge < -0.3 is 14.5 Å². The van der Waals surface area contributed by atoms with Crippen LogP contribution in [-0.4, -0.2) is 135 Å². The molecule has 9 nitrogen and oxygen atoms in total. The molecule has 3 aromatic carbocycles. The zero-order valence-electron chi connectivity index (χ0n) is 34.2. The number of nitrogens with zero attached hydrogens (tertiary/aromatic N) is 6. The van der Waals surface area contributed by atoms with Crippen LogP contribution in [-0.2, 0) is 9.59 Å². The Morgan fingerprint density at radius 1 is 0.638 bits per heavy atom. The first-order valence-electron chi connectivity index (χ1n) is 21.6. The summed E-state index contributed by atoms with van der Waals surface area (Å²) in [6.07, 6.45) is 6.77. The van der Waals surface area contributed by atoms with Crippen LogP contribution in [0.5, 0.6) is 11.5 Å². The molecular weight excluding hydrogens is 742 g/mol. The van der Waals surface area contributed by atoms with Crippen molar-refractivity contribution in [3.8, 4) is 11.5 Å². The molecule has 0 aromatic heterocycles. The highest BCUT2D eigenvalue weighted by Crippen LogP contribution is 2.29. The van der Waals surface area contributed by atoms with E-state index in [-0.39, 0.29) is 23.3 Å². The number of likely N-dealkylation sites (tertiary alicyclic amines) is 2. The topological polar surface area (TPSA) is 62.8 Å². The van der Waals surface area contributed by atoms with Crippen LogP contribution >= 0.6 is 0 Å². The van der Waals surface area contributed by atoms with Gasteiger partial charge in [0.05, 0.1) is 18.3 Å². The second kappa shape index (κ2) is 20.3. The third-order valence-corrected chi connectivity index (χ3v) is 13.1. The Bertz CT molecular complexity index is 1790. The van der Waals surface area contributed by atoms with Crippen molar-refractivity contribution < 1.29 is 27.5 Å². The van der Waals surface area contributed by atoms with Crippen LogP contribution < -0.4 is 14.5 Å². The van der Waals surface area contributed by atoms with Gasteiger partial charge in [-0.3, -0.25) is 29.2 Å². The molecule has 1 atom stereocenters. The third-order valence-electron chi connectivity index (χ3n) is 13.1. The lowest BCUT2D eigenvalue weighted by Gasteiger charge is -2.39. The normalized spacial score (nSPS) is 20.3. The summed E-state index contributed by atoms with van der Waals surface area (Å²) in [6.45, 7) is 14.4. The van der Waals surface area contributed by atoms with Crippen LogP contribution in [0, 0.1) is 29.3 Å². The molecule has 3 aromatic rings. The molecule has 0 saturated carbocycles. The number of ether oxygens (including phenoxy) is 1. The Morgan fingerprint density at radius 3 is 1.84 bits per heavy atom. The molecule has 0 bridgehead atoms. The summed E-state index contributed by atoms with van der Waals surface area (Å²) in [6, 6.07) is 20.2. The number of carbonyl (C=O) groups excluding carboxylic acids is 2. The monoisotopic (exact) mass is 802 g/mol. The molecule has 4 aliphatic rings. The number of hydrogen-bond acceptors (Lipinski definition) is 9. The number of para-hydroxylation sites is 1. The standard InChI is InChI=1S/C46H61F3N6O3/c1-35(56)44(54-22-16-37(17-23-54)13-19-51-26-30-55(31-27-51)43-11-10-42(47)45(48)46(43)49)33-39(57)34-52-20-14-36(15-21-52)12-18-50-24-28-53(29-25-50)38-6-5-9-41(32-38)58-40-7-3-2-4-8-40/h2-11,32,36-37,44H,12-31,33-34H2,1H3. The smallest absolute Gasteiger partial charge is 0.196 e. The largest absolute Gasteiger partial charge is 0.457 e. The van der Waals surface area contributed by atoms with E-state index in [4.69, 9.17) is 4.74 Å². The number of rotatable bonds is 16. The van der Waals surface area contributed by atoms with Crippen LogP contribution in [0.4, 0.5) is 24.5 Å². The Hall–Kier alpha value is -3.97. The summed E-state index contributed by atoms with van der Waals surface area (Å²) in [5.41, 5.74) is 1.33. The molecule has 4 aliphatic heterocycles. The fourth-order valence-corrected chi connectivity index (χ4v) is 9.35. The maximum atomic E-state index is 14.3. The number of benzene rings is 3. The molecule has 1 unspecified atom stereocenters. The van der Waals surface area contributed by atoms with Gasteiger partial charge in [-0.25, -0.2) is 13.2 Å². The predicted molar refractivity (Wildman–Crippen MR) is 223 cm³/mol. The molecule has 0 N–H and O–H groups in total. The first-order chi connectivity index (χ1) is 28.2. The predicted octanol–water partition coefficient (Wildman–Crippen LogP) is 6.96. The lowest BCUT2D eigenvalue weighted by atomic mass is 9.91. The Balaban J connectivity index is 0.753. The Morgan fingerprint density at radius 2 is 1.22 bits per heavy atom. The van der Waals surface area contributed by atoms with E-state index in [0.29, 0.717) is 37.9 Å². The van der Waals surface area contributed by atoms with Crippen molar-refractivity contribution in [1.29, 1.82) is 0 Å². The summed E-state index contributed by atoms with van der Waals surface area (Å²) in [7, 11) is 0. The number of piperidine rings is 2. The lowest BCUT2D eigenvalue weighted by molar-refractivity contribution is -0.129. The SMILES string of the molecule is CC(=O)C(CC(=O)CN1CCC(CCN2CCN(c3cccc(Oc4ccccc4)c3)CC2)CC1)N1CCC(CCN2CCN(c3ccc(F)c(F)c3F)CC2)CC1. The minimum atomic E-state index is -1.42. The summed E-state index contributed by atoms with van der Waals surface area (Å²) in [5.74, 6) is -0.518. The number of Topliss-reactive ketones (excluding diaryl/α,β-unsaturated/α-hetero) is 2. The average molecular weight is 803 g/mol. The molecular formula is C46H61F3N6O3. The van der Waals surface area contributed by atoms with Gasteiger partial charge in [-0.15, -0.1) is 0 Å². The van der Waals surface area contributed by atoms with Crippen LogP contribution in [0.25, 0.3) is 0 Å². The first-order valence-corrected chi connectivity index (χ1v) is 21.6. The number of hydrogen-bond donors (Lipinski definition) is 0. The summed E-state index contributed by atoms with van der Waals surface area (Å²) >= 11 is 0. The highest BCUT2D eigenvalue weighted by Gasteiger charge is 2.31. The maximum Gasteiger partial charge on any atom is 0.196 e. The van der Waals surface area contributed by atoms with Crippen molar-refractivity contribution in [1.82, 2.24) is 19.6 Å². The van der Waals surface area contributed by atoms with Crippen molar-refractivity contribution in [3.63, 3.8) is 0 Å². The van der Waals surface area contributed by atoms with Crippen molar-refractivity contribution >= 4 is 22.9 Å². The number of anilines is 2. The van der Waals surface area contributed by atoms with E-state index in [1.807, 2.05) is 36.4 Å². The molecule has 0 amide bonds. The molecule has 0 aliphatic carbocycles. The van der Waals surface area contributed by atoms with Gasteiger partial charge in [-0.05, 0) is 133 Å². The maximum absolute atomic E-state index is 14.3. The summed E-state index contributed by atoms with van der Waals surface area (Å²) in [4.78, 5) is 39.8. The van der Waals surface area contributed by atoms with E-state index in [1.165, 1.54) is 18.2 Å². The van der Waals surface area contributed by atoms with Crippen molar-refractivity contribution in [2.24, 2.45) is 11.8 Å². The molecule has 314 valence electrons. The molecule has 58 heavy (non-hydrogen) atoms. The van der Waals surface area contributed by atoms with E-state index < -0.39 is 17.5 Å². The van der Waals surface area contributed by atoms with Gasteiger partial charge in [0.2, 0.25) is 0 Å². The molecule has 4 fully saturated rings. The molecule has 4 saturated heterocycles. The molecule has 0 spiro atoms. The zero-order chi connectivity index (χ0) is 40.4. The van der Waals surface area contributed by atoms with Crippen LogP contribution in [0.1, 0.15) is 51.9 Å². The summed E-state index contributed by atoms with van der Waals surface area (Å²) in [5, 5.41) is 0. The van der Waals surface area contributed by atoms with E-state index in [2.05, 4.69) is 42.7 Å². The van der Waals surface area contributed by atoms with Gasteiger partial charge in [-0.2, -0.15) is 0 Å². The van der Waals surface area contributed by atoms with E-state index in [9.17, 15) is 22.8 Å². The van der Waals surface area contributed by atoms with Crippen molar-refractivity contribution in [2.75, 3.05) is 108 Å². The first kappa shape index (κ1) is 42.2. The van der Waals surface area contributed by atoms with Gasteiger partial charge in [0.25, 0.3) is 0 Å². The number of piperazine rings is 2. The minimum absolute atomic E-state index is 0.0762. The Kier molecular flexibility index (Phi) is 14.8. The summed E-state index contributed by atoms with van der Waals surface area (Å²) < 4.78 is 47.5. The van der Waals surface area contributed by atoms with Gasteiger partial charge in [0.1, 0.15) is 23.1 Å². The van der Waals surface area contributed by atoms with Crippen LogP contribution in [0.2, 0.25) is 0 Å². The van der Waals surface area contributed by atoms with Gasteiger partial charge in [0.15, 0.2) is 17.5 Å². The second-order valence-corrected chi connectivity index (χ2v) is 16.9. The molecule has 4 heterocycles. The van der Waals surface area contributed by atoms with Crippen molar-refractivity contribution in [2.45, 2.75) is 57.9 Å². The number of ketones is 2. The van der Waals surface area contributed by atoms with Gasteiger partial charge >= 0.3 is 0 Å². The van der Waals surface area contributed by atoms with Crippen LogP contribution in [0.3, 0.4) is 0 Å². The zero-order valence-corrected chi connectivity index (χ0v) is 34.2. The van der Waals surface area contributed by atoms with Crippen molar-refractivity contribution in [3.05, 3.63) is 84.2 Å². The quantitative estimate of drug-likeness (QED) is 0.143. The Labute approximate surface area is 342 Å². The molecule has 0 radical (unpaired) electrons. The van der Waals surface area contributed by atoms with E-state index in [1.54, 1.807) is 11.8 Å².